The third kappa shape index (κ3) is 9.81. The molecule has 0 aliphatic rings. The van der Waals surface area contributed by atoms with Crippen LogP contribution < -0.4 is 9.47 Å². The summed E-state index contributed by atoms with van der Waals surface area (Å²) in [4.78, 5) is 19.5. The van der Waals surface area contributed by atoms with Crippen molar-refractivity contribution in [3.63, 3.8) is 0 Å². The van der Waals surface area contributed by atoms with E-state index in [9.17, 15) is 4.79 Å². The average Bonchev–Trinajstić information content (AvgIpc) is 3.42. The summed E-state index contributed by atoms with van der Waals surface area (Å²) < 4.78 is 23.5. The number of carbonyl (C=O) groups is 1. The number of hydrogen-bond acceptors (Lipinski definition) is 7. The van der Waals surface area contributed by atoms with Gasteiger partial charge in [-0.25, -0.2) is 4.98 Å². The van der Waals surface area contributed by atoms with Gasteiger partial charge in [0.25, 0.3) is 0 Å². The van der Waals surface area contributed by atoms with Gasteiger partial charge in [0.15, 0.2) is 0 Å². The molecule has 0 aliphatic carbocycles. The standard InChI is InChI=1S/C38H40N2O5/c1-28(2)27-43-37(41)26-40(24-30-17-19-34(20-18-30)45-33-14-8-5-9-15-33)25-31-11-10-16-35(23-31)42-22-21-36-29(3)44-38(39-36)32-12-6-4-7-13-32/h4-20,23,28H,21-22,24-27H2,1-3H3. The number of esters is 1. The number of ether oxygens (including phenoxy) is 3. The Morgan fingerprint density at radius 3 is 2.20 bits per heavy atom. The van der Waals surface area contributed by atoms with Gasteiger partial charge < -0.3 is 18.6 Å². The van der Waals surface area contributed by atoms with Crippen LogP contribution in [-0.4, -0.2) is 35.6 Å². The molecule has 0 bridgehead atoms. The zero-order valence-corrected chi connectivity index (χ0v) is 26.1. The van der Waals surface area contributed by atoms with Crippen LogP contribution in [0.1, 0.15) is 36.4 Å². The maximum atomic E-state index is 12.7. The maximum absolute atomic E-state index is 12.7. The maximum Gasteiger partial charge on any atom is 0.320 e. The fourth-order valence-electron chi connectivity index (χ4n) is 4.82. The fraction of sp³-hybridized carbons (Fsp3) is 0.263. The van der Waals surface area contributed by atoms with Crippen molar-refractivity contribution < 1.29 is 23.4 Å². The normalized spacial score (nSPS) is 11.1. The Morgan fingerprint density at radius 2 is 1.47 bits per heavy atom. The molecular weight excluding hydrogens is 564 g/mol. The first-order chi connectivity index (χ1) is 21.9. The van der Waals surface area contributed by atoms with Gasteiger partial charge in [-0.3, -0.25) is 9.69 Å². The van der Waals surface area contributed by atoms with Crippen LogP contribution in [0.25, 0.3) is 11.5 Å². The van der Waals surface area contributed by atoms with Gasteiger partial charge in [-0.2, -0.15) is 0 Å². The SMILES string of the molecule is Cc1oc(-c2ccccc2)nc1CCOc1cccc(CN(CC(=O)OCC(C)C)Cc2ccc(Oc3ccccc3)cc2)c1. The molecule has 0 aliphatic heterocycles. The lowest BCUT2D eigenvalue weighted by Crippen LogP contribution is -2.31. The minimum Gasteiger partial charge on any atom is -0.493 e. The Balaban J connectivity index is 1.21. The Kier molecular flexibility index (Phi) is 11.0. The zero-order valence-electron chi connectivity index (χ0n) is 26.1. The molecule has 0 saturated heterocycles. The first kappa shape index (κ1) is 31.5. The molecule has 232 valence electrons. The molecule has 7 heteroatoms. The Hall–Kier alpha value is -4.88. The monoisotopic (exact) mass is 604 g/mol. The van der Waals surface area contributed by atoms with E-state index in [1.807, 2.05) is 130 Å². The van der Waals surface area contributed by atoms with Crippen molar-refractivity contribution in [3.05, 3.63) is 132 Å². The summed E-state index contributed by atoms with van der Waals surface area (Å²) in [7, 11) is 0. The van der Waals surface area contributed by atoms with Crippen molar-refractivity contribution in [1.29, 1.82) is 0 Å². The highest BCUT2D eigenvalue weighted by molar-refractivity contribution is 5.71. The number of hydrogen-bond donors (Lipinski definition) is 0. The van der Waals surface area contributed by atoms with Crippen LogP contribution in [-0.2, 0) is 29.0 Å². The highest BCUT2D eigenvalue weighted by Gasteiger charge is 2.15. The molecule has 5 aromatic rings. The van der Waals surface area contributed by atoms with E-state index in [0.717, 1.165) is 45.4 Å². The predicted octanol–water partition coefficient (Wildman–Crippen LogP) is 8.27. The van der Waals surface area contributed by atoms with Crippen molar-refractivity contribution in [1.82, 2.24) is 9.88 Å². The van der Waals surface area contributed by atoms with Crippen molar-refractivity contribution in [3.8, 4) is 28.7 Å². The molecule has 7 nitrogen and oxygen atoms in total. The molecule has 0 atom stereocenters. The van der Waals surface area contributed by atoms with Crippen LogP contribution >= 0.6 is 0 Å². The van der Waals surface area contributed by atoms with Gasteiger partial charge in [0.1, 0.15) is 23.0 Å². The van der Waals surface area contributed by atoms with Gasteiger partial charge in [0.2, 0.25) is 5.89 Å². The lowest BCUT2D eigenvalue weighted by molar-refractivity contribution is -0.146. The van der Waals surface area contributed by atoms with E-state index < -0.39 is 0 Å². The van der Waals surface area contributed by atoms with Gasteiger partial charge in [0.05, 0.1) is 25.5 Å². The zero-order chi connectivity index (χ0) is 31.4. The first-order valence-electron chi connectivity index (χ1n) is 15.3. The Bertz CT molecular complexity index is 1630. The number of aryl methyl sites for hydroxylation is 1. The van der Waals surface area contributed by atoms with Gasteiger partial charge in [-0.05, 0) is 72.5 Å². The topological polar surface area (TPSA) is 74.0 Å². The summed E-state index contributed by atoms with van der Waals surface area (Å²) in [6.45, 7) is 8.16. The van der Waals surface area contributed by atoms with Crippen LogP contribution in [0, 0.1) is 12.8 Å². The van der Waals surface area contributed by atoms with Crippen molar-refractivity contribution >= 4 is 5.97 Å². The number of nitrogens with zero attached hydrogens (tertiary/aromatic N) is 2. The summed E-state index contributed by atoms with van der Waals surface area (Å²) >= 11 is 0. The van der Waals surface area contributed by atoms with Gasteiger partial charge in [-0.15, -0.1) is 0 Å². The third-order valence-corrected chi connectivity index (χ3v) is 7.06. The minimum atomic E-state index is -0.238. The Labute approximate surface area is 265 Å². The van der Waals surface area contributed by atoms with Crippen molar-refractivity contribution in [2.75, 3.05) is 19.8 Å². The van der Waals surface area contributed by atoms with Gasteiger partial charge in [-0.1, -0.05) is 74.5 Å². The molecule has 0 saturated carbocycles. The van der Waals surface area contributed by atoms with E-state index in [0.29, 0.717) is 38.6 Å². The minimum absolute atomic E-state index is 0.176. The molecule has 0 radical (unpaired) electrons. The van der Waals surface area contributed by atoms with Crippen LogP contribution in [0.15, 0.2) is 114 Å². The molecule has 1 heterocycles. The molecule has 0 fully saturated rings. The molecule has 0 N–H and O–H groups in total. The predicted molar refractivity (Wildman–Crippen MR) is 175 cm³/mol. The number of benzene rings is 4. The molecule has 1 aromatic heterocycles. The van der Waals surface area contributed by atoms with Crippen LogP contribution in [0.5, 0.6) is 17.2 Å². The van der Waals surface area contributed by atoms with E-state index in [-0.39, 0.29) is 18.4 Å². The fourth-order valence-corrected chi connectivity index (χ4v) is 4.82. The summed E-state index contributed by atoms with van der Waals surface area (Å²) in [6, 6.07) is 35.5. The smallest absolute Gasteiger partial charge is 0.320 e. The van der Waals surface area contributed by atoms with E-state index in [2.05, 4.69) is 9.88 Å². The molecule has 0 spiro atoms. The second-order valence-corrected chi connectivity index (χ2v) is 11.4. The first-order valence-corrected chi connectivity index (χ1v) is 15.3. The lowest BCUT2D eigenvalue weighted by Gasteiger charge is -2.22. The summed E-state index contributed by atoms with van der Waals surface area (Å²) in [5.41, 5.74) is 3.94. The van der Waals surface area contributed by atoms with Gasteiger partial charge in [0, 0.05) is 25.1 Å². The molecular formula is C38H40N2O5. The molecule has 4 aromatic carbocycles. The quantitative estimate of drug-likeness (QED) is 0.111. The molecule has 5 rings (SSSR count). The highest BCUT2D eigenvalue weighted by Crippen LogP contribution is 2.24. The summed E-state index contributed by atoms with van der Waals surface area (Å²) in [6.07, 6.45) is 0.629. The average molecular weight is 605 g/mol. The number of oxazole rings is 1. The second-order valence-electron chi connectivity index (χ2n) is 11.4. The third-order valence-electron chi connectivity index (χ3n) is 7.06. The van der Waals surface area contributed by atoms with E-state index in [4.69, 9.17) is 18.6 Å². The van der Waals surface area contributed by atoms with Crippen LogP contribution in [0.4, 0.5) is 0 Å². The molecule has 0 amide bonds. The second kappa shape index (κ2) is 15.7. The number of para-hydroxylation sites is 1. The summed E-state index contributed by atoms with van der Waals surface area (Å²) in [5, 5.41) is 0. The highest BCUT2D eigenvalue weighted by atomic mass is 16.5. The molecule has 45 heavy (non-hydrogen) atoms. The number of carbonyl (C=O) groups excluding carboxylic acids is 1. The van der Waals surface area contributed by atoms with Crippen molar-refractivity contribution in [2.45, 2.75) is 40.3 Å². The van der Waals surface area contributed by atoms with E-state index in [1.165, 1.54) is 0 Å². The largest absolute Gasteiger partial charge is 0.493 e. The van der Waals surface area contributed by atoms with E-state index >= 15 is 0 Å². The van der Waals surface area contributed by atoms with Crippen molar-refractivity contribution in [2.24, 2.45) is 5.92 Å². The Morgan fingerprint density at radius 1 is 0.800 bits per heavy atom. The number of aromatic nitrogens is 1. The van der Waals surface area contributed by atoms with Crippen LogP contribution in [0.3, 0.4) is 0 Å². The lowest BCUT2D eigenvalue weighted by atomic mass is 10.1. The van der Waals surface area contributed by atoms with Gasteiger partial charge >= 0.3 is 5.97 Å². The molecule has 0 unspecified atom stereocenters. The number of rotatable bonds is 15. The summed E-state index contributed by atoms with van der Waals surface area (Å²) in [5.74, 6) is 3.77. The van der Waals surface area contributed by atoms with Crippen LogP contribution in [0.2, 0.25) is 0 Å². The van der Waals surface area contributed by atoms with E-state index in [1.54, 1.807) is 0 Å².